The van der Waals surface area contributed by atoms with Gasteiger partial charge in [0.25, 0.3) is 5.91 Å². The molecule has 1 aromatic heterocycles. The van der Waals surface area contributed by atoms with Crippen LogP contribution in [-0.4, -0.2) is 54.6 Å². The Morgan fingerprint density at radius 3 is 2.52 bits per heavy atom. The fraction of sp³-hybridized carbons (Fsp3) is 0.273. The Morgan fingerprint density at radius 2 is 1.83 bits per heavy atom. The number of carbonyl (C=O) groups is 1. The van der Waals surface area contributed by atoms with Crippen LogP contribution in [0.4, 0.5) is 11.4 Å². The fourth-order valence-electron chi connectivity index (χ4n) is 3.36. The Morgan fingerprint density at radius 1 is 1.07 bits per heavy atom. The number of thioether (sulfide) groups is 1. The summed E-state index contributed by atoms with van der Waals surface area (Å²) < 4.78 is 10.7. The Hall–Kier alpha value is -2.93. The summed E-state index contributed by atoms with van der Waals surface area (Å²) in [4.78, 5) is 19.6. The second-order valence-corrected chi connectivity index (χ2v) is 7.89. The predicted octanol–water partition coefficient (Wildman–Crippen LogP) is 4.18. The highest BCUT2D eigenvalue weighted by atomic mass is 32.2. The van der Waals surface area contributed by atoms with Crippen LogP contribution in [0.1, 0.15) is 10.5 Å². The molecule has 2 heterocycles. The van der Waals surface area contributed by atoms with Crippen molar-refractivity contribution < 1.29 is 14.3 Å². The number of aromatic nitrogens is 1. The topological polar surface area (TPSA) is 63.7 Å². The average molecular weight is 410 g/mol. The number of rotatable bonds is 5. The van der Waals surface area contributed by atoms with Crippen LogP contribution < -0.4 is 14.8 Å². The van der Waals surface area contributed by atoms with Crippen molar-refractivity contribution in [1.29, 1.82) is 0 Å². The maximum Gasteiger partial charge on any atom is 0.272 e. The molecule has 1 amide bonds. The first-order chi connectivity index (χ1) is 14.2. The van der Waals surface area contributed by atoms with E-state index in [2.05, 4.69) is 10.3 Å². The standard InChI is InChI=1S/C22H23N3O3S/c1-27-16-8-6-15(7-9-16)23-18-14-19(22(26)25-10-12-29-13-11-25)24-21-17(18)4-3-5-20(21)28-2/h3-9,14H,10-13H2,1-2H3,(H,23,24). The van der Waals surface area contributed by atoms with Crippen molar-refractivity contribution in [3.63, 3.8) is 0 Å². The van der Waals surface area contributed by atoms with E-state index < -0.39 is 0 Å². The van der Waals surface area contributed by atoms with E-state index in [0.29, 0.717) is 17.0 Å². The molecule has 1 aliphatic rings. The number of fused-ring (bicyclic) bond motifs is 1. The van der Waals surface area contributed by atoms with Crippen molar-refractivity contribution in [2.24, 2.45) is 0 Å². The minimum absolute atomic E-state index is 0.0455. The molecular formula is C22H23N3O3S. The highest BCUT2D eigenvalue weighted by Gasteiger charge is 2.22. The second kappa shape index (κ2) is 8.61. The molecule has 0 unspecified atom stereocenters. The molecule has 1 fully saturated rings. The number of anilines is 2. The summed E-state index contributed by atoms with van der Waals surface area (Å²) in [5.74, 6) is 3.30. The molecule has 0 aliphatic carbocycles. The quantitative estimate of drug-likeness (QED) is 0.682. The molecule has 1 aliphatic heterocycles. The van der Waals surface area contributed by atoms with Crippen LogP contribution in [0.15, 0.2) is 48.5 Å². The molecule has 0 atom stereocenters. The maximum absolute atomic E-state index is 13.1. The minimum atomic E-state index is -0.0455. The number of pyridine rings is 1. The molecule has 7 heteroatoms. The van der Waals surface area contributed by atoms with E-state index in [4.69, 9.17) is 9.47 Å². The normalized spacial score (nSPS) is 13.9. The molecule has 6 nitrogen and oxygen atoms in total. The molecule has 0 spiro atoms. The maximum atomic E-state index is 13.1. The first-order valence-corrected chi connectivity index (χ1v) is 10.6. The number of amides is 1. The van der Waals surface area contributed by atoms with Gasteiger partial charge >= 0.3 is 0 Å². The number of nitrogens with one attached hydrogen (secondary N) is 1. The van der Waals surface area contributed by atoms with Crippen LogP contribution >= 0.6 is 11.8 Å². The number of hydrogen-bond donors (Lipinski definition) is 1. The SMILES string of the molecule is COc1ccc(Nc2cc(C(=O)N3CCSCC3)nc3c(OC)cccc23)cc1. The van der Waals surface area contributed by atoms with Gasteiger partial charge in [-0.2, -0.15) is 11.8 Å². The van der Waals surface area contributed by atoms with Crippen molar-refractivity contribution in [3.05, 3.63) is 54.2 Å². The summed E-state index contributed by atoms with van der Waals surface area (Å²) in [5.41, 5.74) is 2.80. The smallest absolute Gasteiger partial charge is 0.272 e. The van der Waals surface area contributed by atoms with Crippen LogP contribution in [0.3, 0.4) is 0 Å². The Bertz CT molecular complexity index is 1020. The van der Waals surface area contributed by atoms with Crippen LogP contribution in [-0.2, 0) is 0 Å². The van der Waals surface area contributed by atoms with Gasteiger partial charge in [-0.3, -0.25) is 4.79 Å². The van der Waals surface area contributed by atoms with Crippen molar-refractivity contribution >= 4 is 39.9 Å². The van der Waals surface area contributed by atoms with Gasteiger partial charge in [0.1, 0.15) is 22.7 Å². The molecule has 4 rings (SSSR count). The van der Waals surface area contributed by atoms with Gasteiger partial charge in [0.05, 0.1) is 19.9 Å². The van der Waals surface area contributed by atoms with Crippen molar-refractivity contribution in [2.75, 3.05) is 44.1 Å². The van der Waals surface area contributed by atoms with E-state index in [1.165, 1.54) is 0 Å². The molecule has 29 heavy (non-hydrogen) atoms. The molecule has 0 radical (unpaired) electrons. The van der Waals surface area contributed by atoms with Gasteiger partial charge < -0.3 is 19.7 Å². The third kappa shape index (κ3) is 4.10. The van der Waals surface area contributed by atoms with Gasteiger partial charge in [-0.15, -0.1) is 0 Å². The van der Waals surface area contributed by atoms with Gasteiger partial charge in [-0.05, 0) is 36.4 Å². The van der Waals surface area contributed by atoms with Gasteiger partial charge in [-0.25, -0.2) is 4.98 Å². The number of methoxy groups -OCH3 is 2. The molecule has 0 saturated carbocycles. The Balaban J connectivity index is 1.77. The Kier molecular flexibility index (Phi) is 5.76. The lowest BCUT2D eigenvalue weighted by Gasteiger charge is -2.26. The van der Waals surface area contributed by atoms with E-state index in [1.54, 1.807) is 14.2 Å². The molecule has 0 bridgehead atoms. The number of carbonyl (C=O) groups excluding carboxylic acids is 1. The summed E-state index contributed by atoms with van der Waals surface area (Å²) in [6.45, 7) is 1.49. The van der Waals surface area contributed by atoms with E-state index in [9.17, 15) is 4.79 Å². The number of nitrogens with zero attached hydrogens (tertiary/aromatic N) is 2. The van der Waals surface area contributed by atoms with E-state index in [0.717, 1.165) is 47.1 Å². The minimum Gasteiger partial charge on any atom is -0.497 e. The zero-order valence-electron chi connectivity index (χ0n) is 16.5. The summed E-state index contributed by atoms with van der Waals surface area (Å²) in [6.07, 6.45) is 0. The third-order valence-corrected chi connectivity index (χ3v) is 5.85. The lowest BCUT2D eigenvalue weighted by molar-refractivity contribution is 0.0767. The molecule has 3 aromatic rings. The van der Waals surface area contributed by atoms with Crippen molar-refractivity contribution in [2.45, 2.75) is 0 Å². The summed E-state index contributed by atoms with van der Waals surface area (Å²) in [5, 5.41) is 4.32. The zero-order chi connectivity index (χ0) is 20.2. The van der Waals surface area contributed by atoms with Crippen LogP contribution in [0.25, 0.3) is 10.9 Å². The summed E-state index contributed by atoms with van der Waals surface area (Å²) in [7, 11) is 3.26. The predicted molar refractivity (Wildman–Crippen MR) is 118 cm³/mol. The van der Waals surface area contributed by atoms with Crippen LogP contribution in [0, 0.1) is 0 Å². The summed E-state index contributed by atoms with van der Waals surface area (Å²) in [6, 6.07) is 15.2. The fourth-order valence-corrected chi connectivity index (χ4v) is 4.26. The van der Waals surface area contributed by atoms with Crippen LogP contribution in [0.2, 0.25) is 0 Å². The third-order valence-electron chi connectivity index (χ3n) is 4.91. The van der Waals surface area contributed by atoms with Gasteiger partial charge in [0, 0.05) is 35.7 Å². The number of hydrogen-bond acceptors (Lipinski definition) is 6. The van der Waals surface area contributed by atoms with Crippen molar-refractivity contribution in [3.8, 4) is 11.5 Å². The average Bonchev–Trinajstić information content (AvgIpc) is 2.79. The Labute approximate surface area is 174 Å². The monoisotopic (exact) mass is 409 g/mol. The van der Waals surface area contributed by atoms with E-state index in [-0.39, 0.29) is 5.91 Å². The highest BCUT2D eigenvalue weighted by Crippen LogP contribution is 2.32. The van der Waals surface area contributed by atoms with E-state index >= 15 is 0 Å². The van der Waals surface area contributed by atoms with Gasteiger partial charge in [-0.1, -0.05) is 12.1 Å². The largest absolute Gasteiger partial charge is 0.497 e. The number of para-hydroxylation sites is 1. The number of ether oxygens (including phenoxy) is 2. The lowest BCUT2D eigenvalue weighted by atomic mass is 10.1. The molecule has 1 saturated heterocycles. The molecule has 2 aromatic carbocycles. The number of benzene rings is 2. The first-order valence-electron chi connectivity index (χ1n) is 9.45. The zero-order valence-corrected chi connectivity index (χ0v) is 17.3. The molecule has 150 valence electrons. The summed E-state index contributed by atoms with van der Waals surface area (Å²) >= 11 is 1.87. The highest BCUT2D eigenvalue weighted by molar-refractivity contribution is 7.99. The van der Waals surface area contributed by atoms with Gasteiger partial charge in [0.15, 0.2) is 0 Å². The van der Waals surface area contributed by atoms with Crippen molar-refractivity contribution in [1.82, 2.24) is 9.88 Å². The van der Waals surface area contributed by atoms with E-state index in [1.807, 2.05) is 65.2 Å². The van der Waals surface area contributed by atoms with Crippen LogP contribution in [0.5, 0.6) is 11.5 Å². The molecule has 1 N–H and O–H groups in total. The second-order valence-electron chi connectivity index (χ2n) is 6.67. The molecular weight excluding hydrogens is 386 g/mol. The van der Waals surface area contributed by atoms with Gasteiger partial charge in [0.2, 0.25) is 0 Å². The first kappa shape index (κ1) is 19.4. The lowest BCUT2D eigenvalue weighted by Crippen LogP contribution is -2.38.